The summed E-state index contributed by atoms with van der Waals surface area (Å²) in [6.45, 7) is 7.08. The first kappa shape index (κ1) is 19.5. The molecule has 0 radical (unpaired) electrons. The summed E-state index contributed by atoms with van der Waals surface area (Å²) in [5, 5.41) is 1.79. The van der Waals surface area contributed by atoms with E-state index in [9.17, 15) is 9.59 Å². The average molecular weight is 426 g/mol. The van der Waals surface area contributed by atoms with E-state index in [1.54, 1.807) is 64.5 Å². The monoisotopic (exact) mass is 425 g/mol. The van der Waals surface area contributed by atoms with Gasteiger partial charge in [-0.3, -0.25) is 4.79 Å². The number of imide groups is 1. The Morgan fingerprint density at radius 2 is 1.88 bits per heavy atom. The second-order valence-corrected chi connectivity index (χ2v) is 8.06. The van der Waals surface area contributed by atoms with E-state index < -0.39 is 17.6 Å². The highest BCUT2D eigenvalue weighted by molar-refractivity contribution is 9.10. The zero-order chi connectivity index (χ0) is 18.8. The lowest BCUT2D eigenvalue weighted by atomic mass is 10.1. The maximum atomic E-state index is 12.9. The minimum atomic E-state index is -0.720. The van der Waals surface area contributed by atoms with Crippen LogP contribution < -0.4 is 9.64 Å². The van der Waals surface area contributed by atoms with Gasteiger partial charge < -0.3 is 9.47 Å². The van der Waals surface area contributed by atoms with Gasteiger partial charge in [-0.1, -0.05) is 6.07 Å². The summed E-state index contributed by atoms with van der Waals surface area (Å²) in [6.07, 6.45) is -0.717. The van der Waals surface area contributed by atoms with Gasteiger partial charge in [-0.15, -0.1) is 11.3 Å². The van der Waals surface area contributed by atoms with Gasteiger partial charge in [-0.05, 0) is 72.8 Å². The van der Waals surface area contributed by atoms with Crippen LogP contribution in [0.2, 0.25) is 0 Å². The number of ether oxygens (including phenoxy) is 2. The van der Waals surface area contributed by atoms with E-state index in [2.05, 4.69) is 15.9 Å². The van der Waals surface area contributed by atoms with Crippen molar-refractivity contribution in [1.29, 1.82) is 0 Å². The van der Waals surface area contributed by atoms with Crippen LogP contribution in [-0.4, -0.2) is 24.7 Å². The molecule has 0 N–H and O–H groups in total. The van der Waals surface area contributed by atoms with Crippen LogP contribution in [-0.2, 0) is 4.74 Å². The molecule has 7 heteroatoms. The molecule has 0 unspecified atom stereocenters. The summed E-state index contributed by atoms with van der Waals surface area (Å²) >= 11 is 4.73. The fourth-order valence-electron chi connectivity index (χ4n) is 2.16. The number of nitrogens with zero attached hydrogens (tertiary/aromatic N) is 1. The van der Waals surface area contributed by atoms with Gasteiger partial charge in [0, 0.05) is 0 Å². The Morgan fingerprint density at radius 1 is 1.20 bits per heavy atom. The van der Waals surface area contributed by atoms with Gasteiger partial charge >= 0.3 is 6.09 Å². The molecule has 5 nitrogen and oxygen atoms in total. The Kier molecular flexibility index (Phi) is 5.90. The SMILES string of the molecule is COc1ccc(N(C(=O)OC(C)(C)C)C(=O)c2cccs2)c(C)c1Br. The molecule has 0 bridgehead atoms. The number of carbonyl (C=O) groups is 2. The van der Waals surface area contributed by atoms with Crippen LogP contribution in [0, 0.1) is 6.92 Å². The summed E-state index contributed by atoms with van der Waals surface area (Å²) < 4.78 is 11.4. The molecule has 2 rings (SSSR count). The number of anilines is 1. The van der Waals surface area contributed by atoms with Crippen LogP contribution in [0.1, 0.15) is 36.0 Å². The third kappa shape index (κ3) is 4.41. The first-order chi connectivity index (χ1) is 11.7. The largest absolute Gasteiger partial charge is 0.496 e. The average Bonchev–Trinajstić information content (AvgIpc) is 3.04. The first-order valence-electron chi connectivity index (χ1n) is 7.59. The van der Waals surface area contributed by atoms with Gasteiger partial charge in [-0.2, -0.15) is 0 Å². The zero-order valence-electron chi connectivity index (χ0n) is 14.8. The third-order valence-corrected chi connectivity index (χ3v) is 5.14. The van der Waals surface area contributed by atoms with Crippen molar-refractivity contribution in [2.75, 3.05) is 12.0 Å². The highest BCUT2D eigenvalue weighted by atomic mass is 79.9. The number of amides is 2. The van der Waals surface area contributed by atoms with Crippen molar-refractivity contribution in [1.82, 2.24) is 0 Å². The Hall–Kier alpha value is -1.86. The van der Waals surface area contributed by atoms with Crippen molar-refractivity contribution in [2.24, 2.45) is 0 Å². The summed E-state index contributed by atoms with van der Waals surface area (Å²) in [7, 11) is 1.56. The van der Waals surface area contributed by atoms with E-state index in [1.807, 2.05) is 0 Å². The van der Waals surface area contributed by atoms with Crippen molar-refractivity contribution >= 4 is 45.0 Å². The van der Waals surface area contributed by atoms with Crippen LogP contribution in [0.4, 0.5) is 10.5 Å². The molecule has 0 fully saturated rings. The molecule has 2 amide bonds. The lowest BCUT2D eigenvalue weighted by molar-refractivity contribution is 0.0564. The van der Waals surface area contributed by atoms with E-state index in [0.717, 1.165) is 4.90 Å². The van der Waals surface area contributed by atoms with E-state index in [1.165, 1.54) is 11.3 Å². The number of methoxy groups -OCH3 is 1. The normalized spacial score (nSPS) is 11.1. The van der Waals surface area contributed by atoms with Crippen molar-refractivity contribution in [3.8, 4) is 5.75 Å². The third-order valence-electron chi connectivity index (χ3n) is 3.29. The number of halogens is 1. The van der Waals surface area contributed by atoms with Crippen LogP contribution in [0.15, 0.2) is 34.1 Å². The smallest absolute Gasteiger partial charge is 0.422 e. The van der Waals surface area contributed by atoms with Crippen molar-refractivity contribution in [3.63, 3.8) is 0 Å². The van der Waals surface area contributed by atoms with Gasteiger partial charge in [0.2, 0.25) is 0 Å². The molecule has 1 aromatic carbocycles. The first-order valence-corrected chi connectivity index (χ1v) is 9.27. The summed E-state index contributed by atoms with van der Waals surface area (Å²) in [5.41, 5.74) is 0.429. The molecule has 1 aromatic heterocycles. The zero-order valence-corrected chi connectivity index (χ0v) is 17.2. The van der Waals surface area contributed by atoms with Gasteiger partial charge in [0.15, 0.2) is 0 Å². The molecule has 0 aliphatic rings. The molecule has 0 spiro atoms. The second-order valence-electron chi connectivity index (χ2n) is 6.32. The van der Waals surface area contributed by atoms with E-state index in [-0.39, 0.29) is 0 Å². The number of carbonyl (C=O) groups excluding carboxylic acids is 2. The highest BCUT2D eigenvalue weighted by Crippen LogP contribution is 2.36. The maximum absolute atomic E-state index is 12.9. The lowest BCUT2D eigenvalue weighted by Crippen LogP contribution is -2.41. The quantitative estimate of drug-likeness (QED) is 0.659. The van der Waals surface area contributed by atoms with Gasteiger partial charge in [0.1, 0.15) is 11.4 Å². The molecule has 0 saturated heterocycles. The number of hydrogen-bond acceptors (Lipinski definition) is 5. The van der Waals surface area contributed by atoms with E-state index in [4.69, 9.17) is 9.47 Å². The fraction of sp³-hybridized carbons (Fsp3) is 0.333. The molecule has 2 aromatic rings. The van der Waals surface area contributed by atoms with E-state index in [0.29, 0.717) is 26.4 Å². The molecule has 0 aliphatic carbocycles. The van der Waals surface area contributed by atoms with Crippen LogP contribution >= 0.6 is 27.3 Å². The molecule has 0 saturated carbocycles. The van der Waals surface area contributed by atoms with Gasteiger partial charge in [0.05, 0.1) is 22.1 Å². The predicted octanol–water partition coefficient (Wildman–Crippen LogP) is 5.41. The fourth-order valence-corrected chi connectivity index (χ4v) is 3.31. The molecule has 0 atom stereocenters. The number of thiophene rings is 1. The Morgan fingerprint density at radius 3 is 2.40 bits per heavy atom. The van der Waals surface area contributed by atoms with Gasteiger partial charge in [-0.25, -0.2) is 9.69 Å². The maximum Gasteiger partial charge on any atom is 0.422 e. The number of benzene rings is 1. The minimum absolute atomic E-state index is 0.426. The summed E-state index contributed by atoms with van der Waals surface area (Å²) in [4.78, 5) is 27.2. The standard InChI is InChI=1S/C18H20BrNO4S/c1-11-12(8-9-13(23-5)15(11)19)20(17(22)24-18(2,3)4)16(21)14-7-6-10-25-14/h6-10H,1-5H3. The topological polar surface area (TPSA) is 55.8 Å². The molecule has 1 heterocycles. The van der Waals surface area contributed by atoms with Crippen molar-refractivity contribution in [2.45, 2.75) is 33.3 Å². The molecular formula is C18H20BrNO4S. The number of hydrogen-bond donors (Lipinski definition) is 0. The molecular weight excluding hydrogens is 406 g/mol. The predicted molar refractivity (Wildman–Crippen MR) is 103 cm³/mol. The van der Waals surface area contributed by atoms with Crippen molar-refractivity contribution in [3.05, 3.63) is 44.6 Å². The summed E-state index contributed by atoms with van der Waals surface area (Å²) in [6, 6.07) is 6.82. The second kappa shape index (κ2) is 7.58. The van der Waals surface area contributed by atoms with Crippen LogP contribution in [0.25, 0.3) is 0 Å². The lowest BCUT2D eigenvalue weighted by Gasteiger charge is -2.27. The van der Waals surface area contributed by atoms with Gasteiger partial charge in [0.25, 0.3) is 5.91 Å². The Labute approximate surface area is 159 Å². The van der Waals surface area contributed by atoms with Crippen LogP contribution in [0.5, 0.6) is 5.75 Å². The Bertz CT molecular complexity index is 781. The van der Waals surface area contributed by atoms with Crippen LogP contribution in [0.3, 0.4) is 0 Å². The molecule has 0 aliphatic heterocycles. The highest BCUT2D eigenvalue weighted by Gasteiger charge is 2.32. The summed E-state index contributed by atoms with van der Waals surface area (Å²) in [5.74, 6) is 0.193. The van der Waals surface area contributed by atoms with Crippen molar-refractivity contribution < 1.29 is 19.1 Å². The minimum Gasteiger partial charge on any atom is -0.496 e. The Balaban J connectivity index is 2.54. The molecule has 25 heavy (non-hydrogen) atoms. The van der Waals surface area contributed by atoms with E-state index >= 15 is 0 Å². The number of rotatable bonds is 3. The molecule has 134 valence electrons.